The lowest BCUT2D eigenvalue weighted by Gasteiger charge is -2.16. The molecule has 1 atom stereocenters. The zero-order chi connectivity index (χ0) is 14.5. The molecule has 0 aliphatic carbocycles. The summed E-state index contributed by atoms with van der Waals surface area (Å²) < 4.78 is 0. The van der Waals surface area contributed by atoms with Gasteiger partial charge in [-0.3, -0.25) is 0 Å². The summed E-state index contributed by atoms with van der Waals surface area (Å²) in [6, 6.07) is 8.84. The van der Waals surface area contributed by atoms with E-state index < -0.39 is 0 Å². The van der Waals surface area contributed by atoms with Crippen LogP contribution in [-0.4, -0.2) is 18.6 Å². The number of anilines is 2. The second-order valence-electron chi connectivity index (χ2n) is 5.13. The first-order valence-corrected chi connectivity index (χ1v) is 7.99. The van der Waals surface area contributed by atoms with Crippen molar-refractivity contribution in [2.24, 2.45) is 0 Å². The average molecular weight is 289 g/mol. The highest BCUT2D eigenvalue weighted by Gasteiger charge is 2.12. The normalized spacial score (nSPS) is 12.4. The number of aryl methyl sites for hydroxylation is 1. The Morgan fingerprint density at radius 1 is 1.30 bits per heavy atom. The molecule has 3 nitrogen and oxygen atoms in total. The maximum Gasteiger partial charge on any atom is 0.189 e. The maximum absolute atomic E-state index is 4.74. The summed E-state index contributed by atoms with van der Waals surface area (Å²) in [5.41, 5.74) is 3.57. The largest absolute Gasteiger partial charge is 0.321 e. The summed E-state index contributed by atoms with van der Waals surface area (Å²) in [5.74, 6) is 0. The number of thiazole rings is 1. The molecule has 0 amide bonds. The second kappa shape index (κ2) is 6.86. The lowest BCUT2D eigenvalue weighted by atomic mass is 10.2. The number of benzene rings is 1. The van der Waals surface area contributed by atoms with Gasteiger partial charge in [0.05, 0.1) is 5.69 Å². The number of hydrogen-bond donors (Lipinski definition) is 1. The van der Waals surface area contributed by atoms with E-state index in [4.69, 9.17) is 4.98 Å². The summed E-state index contributed by atoms with van der Waals surface area (Å²) in [7, 11) is 2.07. The Labute approximate surface area is 125 Å². The predicted molar refractivity (Wildman–Crippen MR) is 88.1 cm³/mol. The highest BCUT2D eigenvalue weighted by molar-refractivity contribution is 7.13. The summed E-state index contributed by atoms with van der Waals surface area (Å²) in [5, 5.41) is 6.66. The van der Waals surface area contributed by atoms with Crippen LogP contribution in [0.1, 0.15) is 37.6 Å². The van der Waals surface area contributed by atoms with Crippen molar-refractivity contribution in [3.63, 3.8) is 0 Å². The summed E-state index contributed by atoms with van der Waals surface area (Å²) in [6.07, 6.45) is 1.14. The van der Waals surface area contributed by atoms with Gasteiger partial charge in [0.1, 0.15) is 0 Å². The minimum absolute atomic E-state index is 0.311. The van der Waals surface area contributed by atoms with Gasteiger partial charge in [0.25, 0.3) is 0 Å². The van der Waals surface area contributed by atoms with E-state index in [2.05, 4.69) is 67.7 Å². The van der Waals surface area contributed by atoms with E-state index in [-0.39, 0.29) is 0 Å². The second-order valence-corrected chi connectivity index (χ2v) is 5.96. The lowest BCUT2D eigenvalue weighted by molar-refractivity contribution is 0.561. The first kappa shape index (κ1) is 15.0. The van der Waals surface area contributed by atoms with Gasteiger partial charge in [0, 0.05) is 24.2 Å². The molecular weight excluding hydrogens is 266 g/mol. The van der Waals surface area contributed by atoms with Crippen molar-refractivity contribution in [1.29, 1.82) is 0 Å². The molecule has 0 fully saturated rings. The molecule has 108 valence electrons. The monoisotopic (exact) mass is 289 g/mol. The molecule has 2 aromatic rings. The van der Waals surface area contributed by atoms with Crippen LogP contribution in [0.4, 0.5) is 10.8 Å². The van der Waals surface area contributed by atoms with Crippen LogP contribution in [0.2, 0.25) is 0 Å². The lowest BCUT2D eigenvalue weighted by Crippen LogP contribution is -2.19. The Morgan fingerprint density at radius 2 is 2.00 bits per heavy atom. The van der Waals surface area contributed by atoms with Crippen LogP contribution in [0.15, 0.2) is 29.6 Å². The van der Waals surface area contributed by atoms with E-state index in [0.29, 0.717) is 6.04 Å². The van der Waals surface area contributed by atoms with Crippen molar-refractivity contribution in [2.45, 2.75) is 33.2 Å². The van der Waals surface area contributed by atoms with E-state index in [0.717, 1.165) is 23.8 Å². The Balaban J connectivity index is 2.09. The standard InChI is InChI=1S/C16H23N3S/c1-5-10-17-13(3)15-11-20-16(18-15)19(4)14-8-6-12(2)7-9-14/h6-9,11,13,17H,5,10H2,1-4H3. The van der Waals surface area contributed by atoms with E-state index in [1.54, 1.807) is 11.3 Å². The third-order valence-corrected chi connectivity index (χ3v) is 4.30. The third kappa shape index (κ3) is 3.58. The van der Waals surface area contributed by atoms with Gasteiger partial charge >= 0.3 is 0 Å². The molecule has 2 rings (SSSR count). The summed E-state index contributed by atoms with van der Waals surface area (Å²) in [4.78, 5) is 6.88. The molecule has 1 aromatic carbocycles. The molecule has 0 spiro atoms. The maximum atomic E-state index is 4.74. The van der Waals surface area contributed by atoms with E-state index in [1.165, 1.54) is 11.3 Å². The third-order valence-electron chi connectivity index (χ3n) is 3.36. The van der Waals surface area contributed by atoms with E-state index in [1.807, 2.05) is 0 Å². The molecule has 20 heavy (non-hydrogen) atoms. The first-order chi connectivity index (χ1) is 9.61. The molecule has 1 N–H and O–H groups in total. The fourth-order valence-electron chi connectivity index (χ4n) is 1.97. The average Bonchev–Trinajstić information content (AvgIpc) is 2.94. The highest BCUT2D eigenvalue weighted by Crippen LogP contribution is 2.28. The van der Waals surface area contributed by atoms with Gasteiger partial charge in [-0.15, -0.1) is 11.3 Å². The molecule has 0 bridgehead atoms. The van der Waals surface area contributed by atoms with Crippen LogP contribution >= 0.6 is 11.3 Å². The van der Waals surface area contributed by atoms with Crippen molar-refractivity contribution in [2.75, 3.05) is 18.5 Å². The fraction of sp³-hybridized carbons (Fsp3) is 0.438. The molecule has 1 aromatic heterocycles. The zero-order valence-electron chi connectivity index (χ0n) is 12.7. The van der Waals surface area contributed by atoms with E-state index in [9.17, 15) is 0 Å². The van der Waals surface area contributed by atoms with Gasteiger partial charge in [-0.1, -0.05) is 24.6 Å². The topological polar surface area (TPSA) is 28.2 Å². The van der Waals surface area contributed by atoms with Gasteiger partial charge in [0.15, 0.2) is 5.13 Å². The molecule has 0 saturated heterocycles. The molecule has 0 aliphatic rings. The Bertz CT molecular complexity index is 533. The Hall–Kier alpha value is -1.39. The molecule has 1 heterocycles. The number of rotatable bonds is 6. The van der Waals surface area contributed by atoms with Gasteiger partial charge in [-0.05, 0) is 38.9 Å². The number of nitrogens with one attached hydrogen (secondary N) is 1. The smallest absolute Gasteiger partial charge is 0.189 e. The fourth-order valence-corrected chi connectivity index (χ4v) is 2.88. The van der Waals surface area contributed by atoms with Gasteiger partial charge in [0.2, 0.25) is 0 Å². The zero-order valence-corrected chi connectivity index (χ0v) is 13.5. The van der Waals surface area contributed by atoms with E-state index >= 15 is 0 Å². The molecule has 0 radical (unpaired) electrons. The molecular formula is C16H23N3S. The van der Waals surface area contributed by atoms with Crippen molar-refractivity contribution in [1.82, 2.24) is 10.3 Å². The Morgan fingerprint density at radius 3 is 2.65 bits per heavy atom. The van der Waals surface area contributed by atoms with Crippen molar-refractivity contribution >= 4 is 22.2 Å². The predicted octanol–water partition coefficient (Wildman–Crippen LogP) is 4.28. The summed E-state index contributed by atoms with van der Waals surface area (Å²) >= 11 is 1.69. The highest BCUT2D eigenvalue weighted by atomic mass is 32.1. The summed E-state index contributed by atoms with van der Waals surface area (Å²) in [6.45, 7) is 7.48. The van der Waals surface area contributed by atoms with Gasteiger partial charge < -0.3 is 10.2 Å². The molecule has 1 unspecified atom stereocenters. The van der Waals surface area contributed by atoms with Crippen LogP contribution in [-0.2, 0) is 0 Å². The minimum Gasteiger partial charge on any atom is -0.321 e. The molecule has 0 saturated carbocycles. The quantitative estimate of drug-likeness (QED) is 0.860. The van der Waals surface area contributed by atoms with Gasteiger partial charge in [-0.25, -0.2) is 4.98 Å². The Kier molecular flexibility index (Phi) is 5.15. The number of aromatic nitrogens is 1. The van der Waals surface area contributed by atoms with Crippen LogP contribution < -0.4 is 10.2 Å². The van der Waals surface area contributed by atoms with Crippen LogP contribution in [0, 0.1) is 6.92 Å². The van der Waals surface area contributed by atoms with Crippen molar-refractivity contribution < 1.29 is 0 Å². The van der Waals surface area contributed by atoms with Crippen LogP contribution in [0.3, 0.4) is 0 Å². The van der Waals surface area contributed by atoms with Crippen LogP contribution in [0.5, 0.6) is 0 Å². The first-order valence-electron chi connectivity index (χ1n) is 7.11. The number of nitrogens with zero attached hydrogens (tertiary/aromatic N) is 2. The van der Waals surface area contributed by atoms with Crippen molar-refractivity contribution in [3.8, 4) is 0 Å². The minimum atomic E-state index is 0.311. The van der Waals surface area contributed by atoms with Crippen molar-refractivity contribution in [3.05, 3.63) is 40.9 Å². The SMILES string of the molecule is CCCNC(C)c1csc(N(C)c2ccc(C)cc2)n1. The van der Waals surface area contributed by atoms with Gasteiger partial charge in [-0.2, -0.15) is 0 Å². The molecule has 4 heteroatoms. The number of hydrogen-bond acceptors (Lipinski definition) is 4. The van der Waals surface area contributed by atoms with Crippen LogP contribution in [0.25, 0.3) is 0 Å². The molecule has 0 aliphatic heterocycles.